The summed E-state index contributed by atoms with van der Waals surface area (Å²) in [6, 6.07) is 7.25. The van der Waals surface area contributed by atoms with Gasteiger partial charge in [0.1, 0.15) is 5.82 Å². The lowest BCUT2D eigenvalue weighted by atomic mass is 10.3. The highest BCUT2D eigenvalue weighted by molar-refractivity contribution is 7.14. The Kier molecular flexibility index (Phi) is 4.29. The van der Waals surface area contributed by atoms with Crippen molar-refractivity contribution in [1.82, 2.24) is 4.98 Å². The van der Waals surface area contributed by atoms with Gasteiger partial charge in [-0.05, 0) is 36.8 Å². The largest absolute Gasteiger partial charge is 0.320 e. The van der Waals surface area contributed by atoms with Crippen LogP contribution in [0.5, 0.6) is 0 Å². The molecule has 0 atom stereocenters. The second-order valence-electron chi connectivity index (χ2n) is 3.84. The number of aromatic nitrogens is 1. The van der Waals surface area contributed by atoms with Crippen LogP contribution in [-0.4, -0.2) is 17.4 Å². The van der Waals surface area contributed by atoms with Crippen LogP contribution in [0.2, 0.25) is 0 Å². The molecule has 3 N–H and O–H groups in total. The summed E-state index contributed by atoms with van der Waals surface area (Å²) < 4.78 is 0. The van der Waals surface area contributed by atoms with Crippen molar-refractivity contribution < 1.29 is 4.79 Å². The lowest BCUT2D eigenvalue weighted by molar-refractivity contribution is 0.103. The lowest BCUT2D eigenvalue weighted by Gasteiger charge is -2.02. The smallest absolute Gasteiger partial charge is 0.266 e. The van der Waals surface area contributed by atoms with E-state index in [1.165, 1.54) is 11.3 Å². The van der Waals surface area contributed by atoms with Crippen molar-refractivity contribution in [2.75, 3.05) is 11.9 Å². The minimum atomic E-state index is -0.177. The number of nitrogens with one attached hydrogen (secondary N) is 1. The van der Waals surface area contributed by atoms with E-state index in [9.17, 15) is 4.79 Å². The van der Waals surface area contributed by atoms with E-state index in [2.05, 4.69) is 22.1 Å². The molecular formula is C14H13N3OS. The normalized spacial score (nSPS) is 9.58. The highest BCUT2D eigenvalue weighted by atomic mass is 32.1. The number of thiophene rings is 1. The van der Waals surface area contributed by atoms with Gasteiger partial charge in [-0.2, -0.15) is 0 Å². The molecule has 96 valence electrons. The van der Waals surface area contributed by atoms with Crippen molar-refractivity contribution in [1.29, 1.82) is 0 Å². The van der Waals surface area contributed by atoms with Crippen LogP contribution in [-0.2, 0) is 0 Å². The average Bonchev–Trinajstić information content (AvgIpc) is 2.85. The number of aryl methyl sites for hydroxylation is 1. The number of nitrogens with two attached hydrogens (primary N) is 1. The number of anilines is 1. The summed E-state index contributed by atoms with van der Waals surface area (Å²) in [6.45, 7) is 2.26. The van der Waals surface area contributed by atoms with Crippen molar-refractivity contribution in [3.63, 3.8) is 0 Å². The van der Waals surface area contributed by atoms with E-state index < -0.39 is 0 Å². The second-order valence-corrected chi connectivity index (χ2v) is 4.93. The molecule has 19 heavy (non-hydrogen) atoms. The van der Waals surface area contributed by atoms with Gasteiger partial charge < -0.3 is 11.1 Å². The van der Waals surface area contributed by atoms with Crippen LogP contribution in [0.1, 0.15) is 20.1 Å². The molecular weight excluding hydrogens is 258 g/mol. The predicted molar refractivity (Wildman–Crippen MR) is 77.2 cm³/mol. The molecule has 0 fully saturated rings. The maximum atomic E-state index is 12.0. The van der Waals surface area contributed by atoms with Crippen LogP contribution >= 0.6 is 11.3 Å². The Morgan fingerprint density at radius 2 is 2.32 bits per heavy atom. The zero-order valence-corrected chi connectivity index (χ0v) is 11.3. The van der Waals surface area contributed by atoms with E-state index in [4.69, 9.17) is 5.73 Å². The zero-order chi connectivity index (χ0) is 13.7. The molecule has 4 nitrogen and oxygen atoms in total. The van der Waals surface area contributed by atoms with Gasteiger partial charge in [-0.15, -0.1) is 11.3 Å². The van der Waals surface area contributed by atoms with Crippen molar-refractivity contribution in [3.05, 3.63) is 45.8 Å². The predicted octanol–water partition coefficient (Wildman–Crippen LogP) is 2.01. The van der Waals surface area contributed by atoms with Crippen molar-refractivity contribution >= 4 is 23.1 Å². The van der Waals surface area contributed by atoms with Gasteiger partial charge in [0, 0.05) is 6.20 Å². The standard InChI is InChI=1S/C14H13N3OS/c1-10-6-8-16-13(9-10)17-14(18)12-5-4-11(19-12)3-2-7-15/h4-6,8-9H,7,15H2,1H3,(H,16,17,18). The molecule has 0 unspecified atom stereocenters. The fourth-order valence-electron chi connectivity index (χ4n) is 1.45. The summed E-state index contributed by atoms with van der Waals surface area (Å²) in [4.78, 5) is 17.5. The quantitative estimate of drug-likeness (QED) is 0.821. The number of rotatable bonds is 2. The summed E-state index contributed by atoms with van der Waals surface area (Å²) >= 11 is 1.34. The maximum Gasteiger partial charge on any atom is 0.266 e. The van der Waals surface area contributed by atoms with Crippen molar-refractivity contribution in [3.8, 4) is 11.8 Å². The Labute approximate surface area is 115 Å². The molecule has 0 radical (unpaired) electrons. The van der Waals surface area contributed by atoms with Gasteiger partial charge in [0.05, 0.1) is 16.3 Å². The first kappa shape index (κ1) is 13.3. The molecule has 2 rings (SSSR count). The molecule has 0 aliphatic rings. The van der Waals surface area contributed by atoms with Crippen molar-refractivity contribution in [2.24, 2.45) is 5.73 Å². The Morgan fingerprint density at radius 1 is 1.47 bits per heavy atom. The Bertz CT molecular complexity index is 652. The summed E-state index contributed by atoms with van der Waals surface area (Å²) in [5.74, 6) is 6.03. The summed E-state index contributed by atoms with van der Waals surface area (Å²) in [5, 5.41) is 2.76. The summed E-state index contributed by atoms with van der Waals surface area (Å²) in [5.41, 5.74) is 6.35. The van der Waals surface area contributed by atoms with E-state index in [1.54, 1.807) is 12.3 Å². The first-order valence-electron chi connectivity index (χ1n) is 5.72. The van der Waals surface area contributed by atoms with Gasteiger partial charge in [-0.3, -0.25) is 4.79 Å². The molecule has 0 aliphatic carbocycles. The second kappa shape index (κ2) is 6.14. The number of hydrogen-bond acceptors (Lipinski definition) is 4. The van der Waals surface area contributed by atoms with E-state index in [-0.39, 0.29) is 5.91 Å². The number of hydrogen-bond donors (Lipinski definition) is 2. The van der Waals surface area contributed by atoms with Crippen LogP contribution in [0, 0.1) is 18.8 Å². The van der Waals surface area contributed by atoms with Crippen LogP contribution in [0.4, 0.5) is 5.82 Å². The minimum Gasteiger partial charge on any atom is -0.320 e. The van der Waals surface area contributed by atoms with E-state index in [0.717, 1.165) is 10.4 Å². The molecule has 0 bridgehead atoms. The van der Waals surface area contributed by atoms with Gasteiger partial charge in [-0.1, -0.05) is 11.8 Å². The number of pyridine rings is 1. The molecule has 0 saturated carbocycles. The maximum absolute atomic E-state index is 12.0. The highest BCUT2D eigenvalue weighted by Crippen LogP contribution is 2.17. The first-order valence-corrected chi connectivity index (χ1v) is 6.53. The van der Waals surface area contributed by atoms with Crippen LogP contribution in [0.25, 0.3) is 0 Å². The van der Waals surface area contributed by atoms with Crippen molar-refractivity contribution in [2.45, 2.75) is 6.92 Å². The first-order chi connectivity index (χ1) is 9.19. The molecule has 0 spiro atoms. The summed E-state index contributed by atoms with van der Waals surface area (Å²) in [7, 11) is 0. The van der Waals surface area contributed by atoms with Crippen LogP contribution in [0.3, 0.4) is 0 Å². The topological polar surface area (TPSA) is 68.0 Å². The molecule has 0 aliphatic heterocycles. The Balaban J connectivity index is 2.10. The van der Waals surface area contributed by atoms with Gasteiger partial charge in [0.2, 0.25) is 0 Å². The Morgan fingerprint density at radius 3 is 3.05 bits per heavy atom. The number of carbonyl (C=O) groups excluding carboxylic acids is 1. The highest BCUT2D eigenvalue weighted by Gasteiger charge is 2.09. The van der Waals surface area contributed by atoms with Gasteiger partial charge >= 0.3 is 0 Å². The molecule has 2 heterocycles. The molecule has 1 amide bonds. The van der Waals surface area contributed by atoms with Gasteiger partial charge in [0.15, 0.2) is 0 Å². The third-order valence-electron chi connectivity index (χ3n) is 2.30. The molecule has 2 aromatic heterocycles. The third kappa shape index (κ3) is 3.65. The molecule has 5 heteroatoms. The number of nitrogens with zero attached hydrogens (tertiary/aromatic N) is 1. The minimum absolute atomic E-state index is 0.177. The number of carbonyl (C=O) groups is 1. The molecule has 0 aromatic carbocycles. The fraction of sp³-hybridized carbons (Fsp3) is 0.143. The van der Waals surface area contributed by atoms with Crippen LogP contribution in [0.15, 0.2) is 30.5 Å². The fourth-order valence-corrected chi connectivity index (χ4v) is 2.22. The Hall–Kier alpha value is -2.16. The average molecular weight is 271 g/mol. The van der Waals surface area contributed by atoms with Gasteiger partial charge in [0.25, 0.3) is 5.91 Å². The zero-order valence-electron chi connectivity index (χ0n) is 10.4. The van der Waals surface area contributed by atoms with E-state index >= 15 is 0 Å². The van der Waals surface area contributed by atoms with Gasteiger partial charge in [-0.25, -0.2) is 4.98 Å². The number of amides is 1. The summed E-state index contributed by atoms with van der Waals surface area (Å²) in [6.07, 6.45) is 1.66. The molecule has 0 saturated heterocycles. The van der Waals surface area contributed by atoms with Crippen LogP contribution < -0.4 is 11.1 Å². The monoisotopic (exact) mass is 271 g/mol. The van der Waals surface area contributed by atoms with E-state index in [0.29, 0.717) is 17.2 Å². The SMILES string of the molecule is Cc1ccnc(NC(=O)c2ccc(C#CCN)s2)c1. The van der Waals surface area contributed by atoms with E-state index in [1.807, 2.05) is 25.1 Å². The lowest BCUT2D eigenvalue weighted by Crippen LogP contribution is -2.11. The molecule has 2 aromatic rings. The third-order valence-corrected chi connectivity index (χ3v) is 3.30.